The third-order valence-corrected chi connectivity index (χ3v) is 7.51. The Balaban J connectivity index is 1.68. The second-order valence-corrected chi connectivity index (χ2v) is 9.48. The number of carboxylic acids is 1. The Bertz CT molecular complexity index is 956. The van der Waals surface area contributed by atoms with Crippen LogP contribution in [0.3, 0.4) is 0 Å². The number of nitrogens with one attached hydrogen (secondary N) is 1. The van der Waals surface area contributed by atoms with Gasteiger partial charge in [0.05, 0.1) is 6.07 Å². The number of nitrogens with zero attached hydrogens (tertiary/aromatic N) is 6. The molecule has 15 heteroatoms. The molecule has 2 N–H and O–H groups in total. The number of aryl methyl sites for hydroxylation is 1. The first-order valence-electron chi connectivity index (χ1n) is 8.10. The number of nitriles is 1. The number of thioether (sulfide) groups is 2. The van der Waals surface area contributed by atoms with Gasteiger partial charge in [0.15, 0.2) is 0 Å². The number of carboxylic acid groups (broad SMARTS) is 1. The highest BCUT2D eigenvalue weighted by Crippen LogP contribution is 2.41. The molecular weight excluding hydrogens is 442 g/mol. The zero-order chi connectivity index (χ0) is 21.1. The van der Waals surface area contributed by atoms with Crippen molar-refractivity contribution >= 4 is 52.1 Å². The molecule has 2 aliphatic rings. The van der Waals surface area contributed by atoms with E-state index in [-0.39, 0.29) is 17.2 Å². The summed E-state index contributed by atoms with van der Waals surface area (Å²) in [6.07, 6.45) is 0. The number of β-lactam (4-membered cyclic amide) rings is 1. The van der Waals surface area contributed by atoms with Crippen LogP contribution >= 0.6 is 23.5 Å². The van der Waals surface area contributed by atoms with Crippen LogP contribution in [0, 0.1) is 11.3 Å². The largest absolute Gasteiger partial charge is 0.477 e. The maximum absolute atomic E-state index is 12.5. The van der Waals surface area contributed by atoms with Gasteiger partial charge in [0, 0.05) is 29.4 Å². The van der Waals surface area contributed by atoms with E-state index in [1.807, 2.05) is 0 Å². The van der Waals surface area contributed by atoms with E-state index in [1.165, 1.54) is 33.1 Å². The summed E-state index contributed by atoms with van der Waals surface area (Å²) in [5.74, 6) is -2.38. The lowest BCUT2D eigenvalue weighted by Crippen LogP contribution is -2.70. The Morgan fingerprint density at radius 2 is 2.28 bits per heavy atom. The minimum Gasteiger partial charge on any atom is -0.477 e. The van der Waals surface area contributed by atoms with Gasteiger partial charge in [-0.25, -0.2) is 9.48 Å². The number of amides is 2. The van der Waals surface area contributed by atoms with Crippen molar-refractivity contribution in [3.8, 4) is 6.07 Å². The van der Waals surface area contributed by atoms with Crippen LogP contribution in [-0.2, 0) is 32.2 Å². The van der Waals surface area contributed by atoms with Gasteiger partial charge < -0.3 is 10.4 Å². The molecule has 2 aliphatic heterocycles. The van der Waals surface area contributed by atoms with E-state index in [9.17, 15) is 23.7 Å². The number of fused-ring (bicyclic) bond motifs is 1. The van der Waals surface area contributed by atoms with Crippen molar-refractivity contribution in [3.05, 3.63) is 11.3 Å². The van der Waals surface area contributed by atoms with E-state index >= 15 is 0 Å². The predicted octanol–water partition coefficient (Wildman–Crippen LogP) is -1.69. The third kappa shape index (κ3) is 4.43. The third-order valence-electron chi connectivity index (χ3n) is 4.04. The number of carbonyl (C=O) groups excluding carboxylic acids is 2. The molecule has 29 heavy (non-hydrogen) atoms. The van der Waals surface area contributed by atoms with E-state index in [1.54, 1.807) is 13.1 Å². The monoisotopic (exact) mass is 457 g/mol. The van der Waals surface area contributed by atoms with Crippen LogP contribution in [0.1, 0.15) is 0 Å². The highest BCUT2D eigenvalue weighted by atomic mass is 32.2. The van der Waals surface area contributed by atoms with Crippen LogP contribution in [0.2, 0.25) is 0 Å². The van der Waals surface area contributed by atoms with Crippen molar-refractivity contribution < 1.29 is 23.7 Å². The molecule has 154 valence electrons. The lowest BCUT2D eigenvalue weighted by molar-refractivity contribution is -0.150. The topological polar surface area (TPSA) is 171 Å². The normalized spacial score (nSPS) is 21.8. The maximum Gasteiger partial charge on any atom is 0.352 e. The first-order chi connectivity index (χ1) is 13.8. The van der Waals surface area contributed by atoms with Crippen LogP contribution in [0.4, 0.5) is 0 Å². The fourth-order valence-corrected chi connectivity index (χ4v) is 5.73. The summed E-state index contributed by atoms with van der Waals surface area (Å²) in [6, 6.07) is 0.820. The molecule has 3 rings (SSSR count). The molecule has 3 atom stereocenters. The zero-order valence-corrected chi connectivity index (χ0v) is 17.4. The van der Waals surface area contributed by atoms with E-state index in [0.717, 1.165) is 0 Å². The Morgan fingerprint density at radius 3 is 2.90 bits per heavy atom. The van der Waals surface area contributed by atoms with E-state index in [2.05, 4.69) is 20.8 Å². The summed E-state index contributed by atoms with van der Waals surface area (Å²) in [5.41, 5.74) is 0.458. The van der Waals surface area contributed by atoms with Crippen LogP contribution < -0.4 is 5.32 Å². The van der Waals surface area contributed by atoms with Crippen LogP contribution in [0.15, 0.2) is 16.4 Å². The molecule has 3 heterocycles. The molecule has 1 aromatic rings. The molecule has 1 saturated heterocycles. The first kappa shape index (κ1) is 21.3. The molecule has 0 radical (unpaired) electrons. The van der Waals surface area contributed by atoms with Gasteiger partial charge in [0.25, 0.3) is 5.91 Å². The minimum atomic E-state index is -1.63. The van der Waals surface area contributed by atoms with Crippen molar-refractivity contribution in [2.75, 3.05) is 23.0 Å². The van der Waals surface area contributed by atoms with Crippen LogP contribution in [0.5, 0.6) is 0 Å². The summed E-state index contributed by atoms with van der Waals surface area (Å²) in [4.78, 5) is 37.4. The first-order valence-corrected chi connectivity index (χ1v) is 11.6. The molecule has 1 unspecified atom stereocenters. The number of carbonyl (C=O) groups is 3. The number of tetrazole rings is 1. The average Bonchev–Trinajstić information content (AvgIpc) is 3.08. The highest BCUT2D eigenvalue weighted by Gasteiger charge is 2.54. The zero-order valence-electron chi connectivity index (χ0n) is 15.0. The van der Waals surface area contributed by atoms with Crippen molar-refractivity contribution in [1.29, 1.82) is 5.26 Å². The highest BCUT2D eigenvalue weighted by molar-refractivity contribution is 8.01. The van der Waals surface area contributed by atoms with Gasteiger partial charge in [-0.15, -0.1) is 16.9 Å². The van der Waals surface area contributed by atoms with E-state index in [4.69, 9.17) is 5.26 Å². The number of hydrogen-bond acceptors (Lipinski definition) is 10. The summed E-state index contributed by atoms with van der Waals surface area (Å²) < 4.78 is 13.0. The van der Waals surface area contributed by atoms with Gasteiger partial charge in [-0.1, -0.05) is 11.8 Å². The predicted molar refractivity (Wildman–Crippen MR) is 103 cm³/mol. The maximum atomic E-state index is 12.5. The van der Waals surface area contributed by atoms with Crippen molar-refractivity contribution in [3.63, 3.8) is 0 Å². The summed E-state index contributed by atoms with van der Waals surface area (Å²) >= 11 is 2.59. The Labute approximate surface area is 175 Å². The number of aromatic nitrogens is 4. The molecule has 0 aliphatic carbocycles. The molecule has 12 nitrogen and oxygen atoms in total. The molecule has 0 aromatic carbocycles. The van der Waals surface area contributed by atoms with Crippen LogP contribution in [-0.4, -0.2) is 86.6 Å². The smallest absolute Gasteiger partial charge is 0.352 e. The van der Waals surface area contributed by atoms with Crippen molar-refractivity contribution in [2.45, 2.75) is 16.6 Å². The molecular formula is C14H15N7O5S3. The summed E-state index contributed by atoms with van der Waals surface area (Å²) in [7, 11) is 0.0289. The summed E-state index contributed by atoms with van der Waals surface area (Å²) in [6.45, 7) is 0. The second-order valence-electron chi connectivity index (χ2n) is 5.97. The van der Waals surface area contributed by atoms with Gasteiger partial charge in [0.2, 0.25) is 11.1 Å². The molecule has 1 aromatic heterocycles. The van der Waals surface area contributed by atoms with Crippen molar-refractivity contribution in [1.82, 2.24) is 30.4 Å². The molecule has 0 bridgehead atoms. The molecule has 0 spiro atoms. The fraction of sp³-hybridized carbons (Fsp3) is 0.500. The van der Waals surface area contributed by atoms with Gasteiger partial charge in [-0.3, -0.25) is 18.7 Å². The quantitative estimate of drug-likeness (QED) is 0.337. The molecule has 1 fully saturated rings. The standard InChI is InChI=1S/C14H15N7O5S3/c1-20-14(17-18-19-20)28-5-7-4-27-12-9(11(23)21(12)10(7)13(24)25)16-8(22)6-29(26)3-2-15/h9,12H,3-6H2,1H3,(H,16,22)(H,24,25)/t9-,12-,29?/m1/s1. The van der Waals surface area contributed by atoms with Crippen LogP contribution in [0.25, 0.3) is 0 Å². The lowest BCUT2D eigenvalue weighted by Gasteiger charge is -2.49. The van der Waals surface area contributed by atoms with Crippen molar-refractivity contribution in [2.24, 2.45) is 7.05 Å². The number of rotatable bonds is 8. The molecule has 2 amide bonds. The average molecular weight is 458 g/mol. The minimum absolute atomic E-state index is 0.0973. The Morgan fingerprint density at radius 1 is 1.52 bits per heavy atom. The van der Waals surface area contributed by atoms with Gasteiger partial charge >= 0.3 is 5.97 Å². The van der Waals surface area contributed by atoms with E-state index < -0.39 is 40.0 Å². The van der Waals surface area contributed by atoms with Gasteiger partial charge in [-0.05, 0) is 16.0 Å². The fourth-order valence-electron chi connectivity index (χ4n) is 2.77. The van der Waals surface area contributed by atoms with Gasteiger partial charge in [0.1, 0.15) is 28.6 Å². The Kier molecular flexibility index (Phi) is 6.55. The Hall–Kier alpha value is -2.44. The SMILES string of the molecule is Cn1nnnc1SCC1=C(C(=O)O)N2C(=O)[C@@H](NC(=O)CS(=O)CC#N)[C@H]2SC1. The van der Waals surface area contributed by atoms with E-state index in [0.29, 0.717) is 22.2 Å². The number of hydrogen-bond donors (Lipinski definition) is 2. The lowest BCUT2D eigenvalue weighted by atomic mass is 10.0. The summed E-state index contributed by atoms with van der Waals surface area (Å²) in [5, 5.41) is 31.6. The van der Waals surface area contributed by atoms with Gasteiger partial charge in [-0.2, -0.15) is 5.26 Å². The number of aliphatic carboxylic acids is 1. The second kappa shape index (κ2) is 8.93. The molecule has 0 saturated carbocycles.